The van der Waals surface area contributed by atoms with Crippen LogP contribution in [0.2, 0.25) is 0 Å². The van der Waals surface area contributed by atoms with Gasteiger partial charge in [0.05, 0.1) is 0 Å². The van der Waals surface area contributed by atoms with E-state index in [0.717, 1.165) is 72.2 Å². The highest BCUT2D eigenvalue weighted by atomic mass is 16.3. The zero-order valence-corrected chi connectivity index (χ0v) is 32.5. The minimum absolute atomic E-state index is 0.586. The number of anilines is 3. The molecule has 0 N–H and O–H groups in total. The molecule has 2 aromatic heterocycles. The van der Waals surface area contributed by atoms with E-state index in [2.05, 4.69) is 169 Å². The Balaban J connectivity index is 1.04. The van der Waals surface area contributed by atoms with Gasteiger partial charge in [-0.3, -0.25) is 0 Å². The minimum atomic E-state index is 0.586. The molecule has 0 fully saturated rings. The van der Waals surface area contributed by atoms with Crippen molar-refractivity contribution >= 4 is 49.8 Å². The molecule has 60 heavy (non-hydrogen) atoms. The second-order valence-electron chi connectivity index (χ2n) is 14.9. The summed E-state index contributed by atoms with van der Waals surface area (Å²) in [6.45, 7) is 0. The van der Waals surface area contributed by atoms with Crippen LogP contribution in [0.4, 0.5) is 17.1 Å². The third-order valence-corrected chi connectivity index (χ3v) is 11.1. The van der Waals surface area contributed by atoms with E-state index in [1.165, 1.54) is 16.5 Å². The number of aromatic nitrogens is 3. The molecule has 0 saturated carbocycles. The van der Waals surface area contributed by atoms with E-state index < -0.39 is 0 Å². The van der Waals surface area contributed by atoms with Gasteiger partial charge in [-0.05, 0) is 81.6 Å². The maximum absolute atomic E-state index is 6.71. The van der Waals surface area contributed by atoms with E-state index in [0.29, 0.717) is 17.5 Å². The second-order valence-corrected chi connectivity index (χ2v) is 14.9. The van der Waals surface area contributed by atoms with E-state index in [4.69, 9.17) is 19.4 Å². The van der Waals surface area contributed by atoms with Gasteiger partial charge in [0, 0.05) is 50.6 Å². The maximum atomic E-state index is 6.71. The molecule has 0 unspecified atom stereocenters. The third kappa shape index (κ3) is 6.54. The van der Waals surface area contributed by atoms with E-state index >= 15 is 0 Å². The van der Waals surface area contributed by atoms with Gasteiger partial charge in [0.1, 0.15) is 11.2 Å². The van der Waals surface area contributed by atoms with Crippen LogP contribution in [0.3, 0.4) is 0 Å². The van der Waals surface area contributed by atoms with Gasteiger partial charge in [0.15, 0.2) is 17.5 Å². The quantitative estimate of drug-likeness (QED) is 0.154. The molecule has 0 amide bonds. The Kier molecular flexibility index (Phi) is 8.75. The van der Waals surface area contributed by atoms with Gasteiger partial charge in [0.25, 0.3) is 0 Å². The van der Waals surface area contributed by atoms with Gasteiger partial charge in [0.2, 0.25) is 0 Å². The molecule has 0 bridgehead atoms. The lowest BCUT2D eigenvalue weighted by atomic mass is 10.0. The Hall–Kier alpha value is -8.15. The Morgan fingerprint density at radius 3 is 1.45 bits per heavy atom. The zero-order valence-electron chi connectivity index (χ0n) is 32.5. The van der Waals surface area contributed by atoms with Crippen LogP contribution in [0.25, 0.3) is 89.1 Å². The molecule has 0 atom stereocenters. The minimum Gasteiger partial charge on any atom is -0.456 e. The average molecular weight is 769 g/mol. The molecule has 0 saturated heterocycles. The number of hydrogen-bond acceptors (Lipinski definition) is 5. The van der Waals surface area contributed by atoms with Crippen molar-refractivity contribution in [2.24, 2.45) is 0 Å². The lowest BCUT2D eigenvalue weighted by molar-refractivity contribution is 0.669. The molecule has 2 heterocycles. The first-order chi connectivity index (χ1) is 29.7. The highest BCUT2D eigenvalue weighted by molar-refractivity contribution is 6.12. The zero-order chi connectivity index (χ0) is 39.8. The van der Waals surface area contributed by atoms with Gasteiger partial charge in [-0.15, -0.1) is 0 Å². The second kappa shape index (κ2) is 15.0. The summed E-state index contributed by atoms with van der Waals surface area (Å²) in [5.74, 6) is 1.81. The number of benzene rings is 9. The molecule has 9 aromatic carbocycles. The van der Waals surface area contributed by atoms with Crippen molar-refractivity contribution in [3.63, 3.8) is 0 Å². The lowest BCUT2D eigenvalue weighted by Gasteiger charge is -2.26. The van der Waals surface area contributed by atoms with Crippen LogP contribution >= 0.6 is 0 Å². The summed E-state index contributed by atoms with van der Waals surface area (Å²) in [4.78, 5) is 17.6. The Morgan fingerprint density at radius 1 is 0.317 bits per heavy atom. The summed E-state index contributed by atoms with van der Waals surface area (Å²) >= 11 is 0. The number of rotatable bonds is 8. The molecule has 11 rings (SSSR count). The van der Waals surface area contributed by atoms with Gasteiger partial charge in [-0.1, -0.05) is 164 Å². The van der Waals surface area contributed by atoms with Crippen molar-refractivity contribution in [2.45, 2.75) is 0 Å². The molecule has 11 aromatic rings. The van der Waals surface area contributed by atoms with Crippen molar-refractivity contribution in [3.8, 4) is 56.4 Å². The summed E-state index contributed by atoms with van der Waals surface area (Å²) in [6.07, 6.45) is 0. The molecule has 5 nitrogen and oxygen atoms in total. The fraction of sp³-hybridized carbons (Fsp3) is 0. The fourth-order valence-electron chi connectivity index (χ4n) is 8.12. The van der Waals surface area contributed by atoms with Gasteiger partial charge in [-0.2, -0.15) is 0 Å². The molecule has 0 aliphatic carbocycles. The van der Waals surface area contributed by atoms with Crippen LogP contribution in [0.1, 0.15) is 0 Å². The fourth-order valence-corrected chi connectivity index (χ4v) is 8.12. The predicted octanol–water partition coefficient (Wildman–Crippen LogP) is 14.7. The molecular weight excluding hydrogens is 733 g/mol. The lowest BCUT2D eigenvalue weighted by Crippen LogP contribution is -2.09. The van der Waals surface area contributed by atoms with Crippen molar-refractivity contribution in [2.75, 3.05) is 4.90 Å². The van der Waals surface area contributed by atoms with E-state index in [1.807, 2.05) is 54.6 Å². The highest BCUT2D eigenvalue weighted by Crippen LogP contribution is 2.42. The van der Waals surface area contributed by atoms with Crippen LogP contribution in [0.15, 0.2) is 223 Å². The molecular formula is C55H36N4O. The summed E-state index contributed by atoms with van der Waals surface area (Å²) in [7, 11) is 0. The molecule has 0 aliphatic rings. The first-order valence-electron chi connectivity index (χ1n) is 20.1. The Bertz CT molecular complexity index is 3210. The van der Waals surface area contributed by atoms with E-state index in [-0.39, 0.29) is 0 Å². The highest BCUT2D eigenvalue weighted by Gasteiger charge is 2.20. The topological polar surface area (TPSA) is 55.1 Å². The monoisotopic (exact) mass is 768 g/mol. The molecule has 0 radical (unpaired) electrons. The third-order valence-electron chi connectivity index (χ3n) is 11.1. The molecule has 5 heteroatoms. The normalized spacial score (nSPS) is 11.3. The summed E-state index contributed by atoms with van der Waals surface area (Å²) in [5.41, 5.74) is 12.0. The van der Waals surface area contributed by atoms with Crippen molar-refractivity contribution in [3.05, 3.63) is 218 Å². The predicted molar refractivity (Wildman–Crippen MR) is 246 cm³/mol. The standard InChI is InChI=1S/C55H36N4O/c1-4-13-37(14-5-1)40-25-29-45(30-26-40)59(46-31-27-41(28-32-46)38-15-6-2-7-16-38)47-33-34-48-51(36-47)60-50-22-12-21-49(52(48)50)55-57-53(42-18-8-3-9-19-42)56-54(58-55)44-24-23-39-17-10-11-20-43(39)35-44/h1-36H. The van der Waals surface area contributed by atoms with Crippen molar-refractivity contribution in [1.29, 1.82) is 0 Å². The van der Waals surface area contributed by atoms with Crippen LogP contribution in [-0.4, -0.2) is 15.0 Å². The average Bonchev–Trinajstić information content (AvgIpc) is 3.71. The Labute approximate surface area is 347 Å². The van der Waals surface area contributed by atoms with Gasteiger partial charge in [-0.25, -0.2) is 15.0 Å². The van der Waals surface area contributed by atoms with Crippen LogP contribution in [-0.2, 0) is 0 Å². The number of hydrogen-bond donors (Lipinski definition) is 0. The number of fused-ring (bicyclic) bond motifs is 4. The SMILES string of the molecule is c1ccc(-c2ccc(N(c3ccc(-c4ccccc4)cc3)c3ccc4c(c3)oc3cccc(-c5nc(-c6ccccc6)nc(-c6ccc7ccccc7c6)n5)c34)cc2)cc1. The summed E-state index contributed by atoms with van der Waals surface area (Å²) in [5, 5.41) is 4.24. The largest absolute Gasteiger partial charge is 0.456 e. The molecule has 0 aliphatic heterocycles. The van der Waals surface area contributed by atoms with Gasteiger partial charge >= 0.3 is 0 Å². The Morgan fingerprint density at radius 2 is 0.817 bits per heavy atom. The summed E-state index contributed by atoms with van der Waals surface area (Å²) in [6, 6.07) is 75.8. The van der Waals surface area contributed by atoms with Crippen LogP contribution < -0.4 is 4.90 Å². The van der Waals surface area contributed by atoms with E-state index in [1.54, 1.807) is 0 Å². The number of nitrogens with zero attached hydrogens (tertiary/aromatic N) is 4. The number of furan rings is 1. The van der Waals surface area contributed by atoms with Gasteiger partial charge < -0.3 is 9.32 Å². The maximum Gasteiger partial charge on any atom is 0.164 e. The summed E-state index contributed by atoms with van der Waals surface area (Å²) < 4.78 is 6.71. The van der Waals surface area contributed by atoms with Crippen LogP contribution in [0, 0.1) is 0 Å². The first-order valence-corrected chi connectivity index (χ1v) is 20.1. The molecule has 0 spiro atoms. The first kappa shape index (κ1) is 35.0. The van der Waals surface area contributed by atoms with Crippen LogP contribution in [0.5, 0.6) is 0 Å². The molecule has 282 valence electrons. The van der Waals surface area contributed by atoms with Crippen molar-refractivity contribution < 1.29 is 4.42 Å². The van der Waals surface area contributed by atoms with E-state index in [9.17, 15) is 0 Å². The smallest absolute Gasteiger partial charge is 0.164 e. The van der Waals surface area contributed by atoms with Crippen molar-refractivity contribution in [1.82, 2.24) is 15.0 Å².